The zero-order chi connectivity index (χ0) is 19.8. The Hall–Kier alpha value is -2.39. The average Bonchev–Trinajstić information content (AvgIpc) is 2.73. The summed E-state index contributed by atoms with van der Waals surface area (Å²) in [4.78, 5) is 17.5. The number of benzene rings is 2. The summed E-state index contributed by atoms with van der Waals surface area (Å²) in [5, 5.41) is 0. The van der Waals surface area contributed by atoms with Crippen LogP contribution in [0.3, 0.4) is 0 Å². The summed E-state index contributed by atoms with van der Waals surface area (Å²) in [7, 11) is 0. The van der Waals surface area contributed by atoms with Gasteiger partial charge in [-0.25, -0.2) is 0 Å². The lowest BCUT2D eigenvalue weighted by molar-refractivity contribution is -0.137. The molecule has 3 heteroatoms. The van der Waals surface area contributed by atoms with E-state index in [1.54, 1.807) is 0 Å². The molecule has 1 fully saturated rings. The highest BCUT2D eigenvalue weighted by molar-refractivity contribution is 5.79. The van der Waals surface area contributed by atoms with Crippen molar-refractivity contribution in [3.05, 3.63) is 77.4 Å². The van der Waals surface area contributed by atoms with Crippen LogP contribution in [0.1, 0.15) is 37.8 Å². The molecule has 1 heterocycles. The molecular weight excluding hydrogens is 344 g/mol. The molecule has 0 radical (unpaired) electrons. The third-order valence-corrected chi connectivity index (χ3v) is 5.53. The SMILES string of the molecule is CCN(Cc1ccccc1)C(=O)C1CCN(C/C(C)=C\c2ccccc2)CC1. The van der Waals surface area contributed by atoms with Gasteiger partial charge in [-0.05, 0) is 50.9 Å². The Morgan fingerprint density at radius 2 is 1.64 bits per heavy atom. The lowest BCUT2D eigenvalue weighted by Gasteiger charge is -2.34. The Morgan fingerprint density at radius 3 is 2.25 bits per heavy atom. The van der Waals surface area contributed by atoms with Gasteiger partial charge in [-0.15, -0.1) is 0 Å². The zero-order valence-corrected chi connectivity index (χ0v) is 17.2. The van der Waals surface area contributed by atoms with Crippen LogP contribution in [-0.2, 0) is 11.3 Å². The van der Waals surface area contributed by atoms with Gasteiger partial charge in [0.1, 0.15) is 0 Å². The van der Waals surface area contributed by atoms with Crippen LogP contribution in [0.5, 0.6) is 0 Å². The summed E-state index contributed by atoms with van der Waals surface area (Å²) in [6.45, 7) is 8.74. The topological polar surface area (TPSA) is 23.6 Å². The van der Waals surface area contributed by atoms with Crippen LogP contribution in [0, 0.1) is 5.92 Å². The summed E-state index contributed by atoms with van der Waals surface area (Å²) < 4.78 is 0. The second-order valence-electron chi connectivity index (χ2n) is 7.79. The van der Waals surface area contributed by atoms with Gasteiger partial charge in [0.25, 0.3) is 0 Å². The Labute approximate surface area is 169 Å². The lowest BCUT2D eigenvalue weighted by Crippen LogP contribution is -2.42. The van der Waals surface area contributed by atoms with E-state index in [2.05, 4.69) is 61.2 Å². The molecule has 3 rings (SSSR count). The summed E-state index contributed by atoms with van der Waals surface area (Å²) in [5.74, 6) is 0.487. The molecule has 0 N–H and O–H groups in total. The van der Waals surface area contributed by atoms with Crippen molar-refractivity contribution >= 4 is 12.0 Å². The van der Waals surface area contributed by atoms with Crippen molar-refractivity contribution in [1.29, 1.82) is 0 Å². The van der Waals surface area contributed by atoms with Gasteiger partial charge >= 0.3 is 0 Å². The molecule has 28 heavy (non-hydrogen) atoms. The van der Waals surface area contributed by atoms with Gasteiger partial charge < -0.3 is 4.90 Å². The first-order valence-electron chi connectivity index (χ1n) is 10.4. The largest absolute Gasteiger partial charge is 0.338 e. The molecule has 0 aromatic heterocycles. The van der Waals surface area contributed by atoms with Crippen molar-refractivity contribution in [1.82, 2.24) is 9.80 Å². The van der Waals surface area contributed by atoms with E-state index in [-0.39, 0.29) is 5.92 Å². The molecule has 1 aliphatic rings. The number of rotatable bonds is 7. The van der Waals surface area contributed by atoms with Crippen molar-refractivity contribution in [3.8, 4) is 0 Å². The van der Waals surface area contributed by atoms with Crippen molar-refractivity contribution in [2.75, 3.05) is 26.2 Å². The molecule has 1 aliphatic heterocycles. The quantitative estimate of drug-likeness (QED) is 0.690. The molecule has 2 aromatic carbocycles. The van der Waals surface area contributed by atoms with Gasteiger partial charge in [-0.3, -0.25) is 9.69 Å². The van der Waals surface area contributed by atoms with E-state index in [0.717, 1.165) is 45.6 Å². The van der Waals surface area contributed by atoms with Crippen LogP contribution in [0.4, 0.5) is 0 Å². The maximum absolute atomic E-state index is 13.0. The molecule has 1 saturated heterocycles. The van der Waals surface area contributed by atoms with Crippen molar-refractivity contribution in [3.63, 3.8) is 0 Å². The number of hydrogen-bond acceptors (Lipinski definition) is 2. The number of hydrogen-bond donors (Lipinski definition) is 0. The highest BCUT2D eigenvalue weighted by Gasteiger charge is 2.28. The third kappa shape index (κ3) is 5.80. The van der Waals surface area contributed by atoms with Crippen molar-refractivity contribution in [2.45, 2.75) is 33.2 Å². The van der Waals surface area contributed by atoms with E-state index in [1.165, 1.54) is 16.7 Å². The second kappa shape index (κ2) is 10.2. The standard InChI is InChI=1S/C25H32N2O/c1-3-27(20-23-12-8-5-9-13-23)25(28)24-14-16-26(17-15-24)19-21(2)18-22-10-6-4-7-11-22/h4-13,18,24H,3,14-17,19-20H2,1-2H3/b21-18-. The van der Waals surface area contributed by atoms with E-state index in [9.17, 15) is 4.79 Å². The molecule has 1 amide bonds. The molecular formula is C25H32N2O. The summed E-state index contributed by atoms with van der Waals surface area (Å²) in [6.07, 6.45) is 4.18. The molecule has 0 aliphatic carbocycles. The fourth-order valence-corrected chi connectivity index (χ4v) is 3.98. The van der Waals surface area contributed by atoms with E-state index in [4.69, 9.17) is 0 Å². The summed E-state index contributed by atoms with van der Waals surface area (Å²) >= 11 is 0. The monoisotopic (exact) mass is 376 g/mol. The van der Waals surface area contributed by atoms with E-state index in [0.29, 0.717) is 5.91 Å². The molecule has 148 valence electrons. The van der Waals surface area contributed by atoms with E-state index < -0.39 is 0 Å². The van der Waals surface area contributed by atoms with Crippen molar-refractivity contribution < 1.29 is 4.79 Å². The van der Waals surface area contributed by atoms with Crippen LogP contribution < -0.4 is 0 Å². The Kier molecular flexibility index (Phi) is 7.44. The summed E-state index contributed by atoms with van der Waals surface area (Å²) in [6, 6.07) is 20.8. The van der Waals surface area contributed by atoms with Crippen LogP contribution in [0.15, 0.2) is 66.2 Å². The maximum atomic E-state index is 13.0. The van der Waals surface area contributed by atoms with Gasteiger partial charge in [-0.1, -0.05) is 72.3 Å². The van der Waals surface area contributed by atoms with Gasteiger partial charge in [0.05, 0.1) is 0 Å². The minimum Gasteiger partial charge on any atom is -0.338 e. The third-order valence-electron chi connectivity index (χ3n) is 5.53. The molecule has 0 bridgehead atoms. The van der Waals surface area contributed by atoms with Crippen LogP contribution >= 0.6 is 0 Å². The number of carbonyl (C=O) groups excluding carboxylic acids is 1. The van der Waals surface area contributed by atoms with E-state index in [1.807, 2.05) is 29.2 Å². The minimum atomic E-state index is 0.165. The molecule has 0 spiro atoms. The molecule has 0 atom stereocenters. The van der Waals surface area contributed by atoms with Gasteiger partial charge in [0, 0.05) is 25.6 Å². The number of carbonyl (C=O) groups is 1. The predicted octanol–water partition coefficient (Wildman–Crippen LogP) is 4.85. The first-order chi connectivity index (χ1) is 13.7. The van der Waals surface area contributed by atoms with Crippen molar-refractivity contribution in [2.24, 2.45) is 5.92 Å². The van der Waals surface area contributed by atoms with Gasteiger partial charge in [0.2, 0.25) is 5.91 Å². The van der Waals surface area contributed by atoms with E-state index >= 15 is 0 Å². The molecule has 0 saturated carbocycles. The molecule has 0 unspecified atom stereocenters. The van der Waals surface area contributed by atoms with Crippen LogP contribution in [0.2, 0.25) is 0 Å². The number of likely N-dealkylation sites (tertiary alicyclic amines) is 1. The number of nitrogens with zero attached hydrogens (tertiary/aromatic N) is 2. The maximum Gasteiger partial charge on any atom is 0.226 e. The first-order valence-corrected chi connectivity index (χ1v) is 10.4. The Morgan fingerprint density at radius 1 is 1.04 bits per heavy atom. The fraction of sp³-hybridized carbons (Fsp3) is 0.400. The zero-order valence-electron chi connectivity index (χ0n) is 17.2. The number of piperidine rings is 1. The second-order valence-corrected chi connectivity index (χ2v) is 7.79. The fourth-order valence-electron chi connectivity index (χ4n) is 3.98. The van der Waals surface area contributed by atoms with Crippen LogP contribution in [-0.4, -0.2) is 41.9 Å². The Bertz CT molecular complexity index is 762. The number of amides is 1. The smallest absolute Gasteiger partial charge is 0.226 e. The highest BCUT2D eigenvalue weighted by Crippen LogP contribution is 2.22. The van der Waals surface area contributed by atoms with Crippen LogP contribution in [0.25, 0.3) is 6.08 Å². The first kappa shape index (κ1) is 20.3. The van der Waals surface area contributed by atoms with Gasteiger partial charge in [-0.2, -0.15) is 0 Å². The average molecular weight is 377 g/mol. The predicted molar refractivity (Wildman–Crippen MR) is 117 cm³/mol. The molecule has 3 nitrogen and oxygen atoms in total. The normalized spacial score (nSPS) is 16.1. The summed E-state index contributed by atoms with van der Waals surface area (Å²) in [5.41, 5.74) is 3.83. The minimum absolute atomic E-state index is 0.165. The highest BCUT2D eigenvalue weighted by atomic mass is 16.2. The Balaban J connectivity index is 1.50. The lowest BCUT2D eigenvalue weighted by atomic mass is 9.94. The van der Waals surface area contributed by atoms with Gasteiger partial charge in [0.15, 0.2) is 0 Å². The molecule has 2 aromatic rings.